The molecule has 9 aliphatic heterocycles. The van der Waals surface area contributed by atoms with Crippen molar-refractivity contribution < 1.29 is 222 Å². The zero-order valence-corrected chi connectivity index (χ0v) is 60.9. The number of carbonyl (C=O) groups excluding carboxylic acids is 4. The average Bonchev–Trinajstić information content (AvgIpc) is 0.770. The molecule has 9 aliphatic rings. The molecule has 0 aromatic heterocycles. The maximum absolute atomic E-state index is 13.2. The molecule has 0 radical (unpaired) electrons. The fraction of sp³-hybridized carbons (Fsp3) is 0.937. The molecular weight excluding hydrogens is 1530 g/mol. The lowest BCUT2D eigenvalue weighted by molar-refractivity contribution is -0.398. The van der Waals surface area contributed by atoms with Crippen molar-refractivity contribution in [1.82, 2.24) is 21.3 Å². The summed E-state index contributed by atoms with van der Waals surface area (Å²) in [5, 5.41) is 267. The minimum absolute atomic E-state index is 0.372. The van der Waals surface area contributed by atoms with Crippen molar-refractivity contribution in [3.8, 4) is 0 Å². The van der Waals surface area contributed by atoms with Gasteiger partial charge < -0.3 is 224 Å². The fourth-order valence-corrected chi connectivity index (χ4v) is 14.4. The Morgan fingerprint density at radius 2 is 0.589 bits per heavy atom. The first-order valence-corrected chi connectivity index (χ1v) is 35.9. The third-order valence-electron chi connectivity index (χ3n) is 20.5. The number of rotatable bonds is 29. The van der Waals surface area contributed by atoms with Gasteiger partial charge in [-0.05, 0) is 6.92 Å². The third kappa shape index (κ3) is 20.6. The van der Waals surface area contributed by atoms with E-state index < -0.39 is 346 Å². The van der Waals surface area contributed by atoms with Gasteiger partial charge in [0.15, 0.2) is 56.6 Å². The van der Waals surface area contributed by atoms with Gasteiger partial charge in [0.25, 0.3) is 0 Å². The van der Waals surface area contributed by atoms with E-state index in [1.54, 1.807) is 0 Å². The Morgan fingerprint density at radius 1 is 0.268 bits per heavy atom. The van der Waals surface area contributed by atoms with Crippen LogP contribution >= 0.6 is 0 Å². The molecule has 0 saturated carbocycles. The van der Waals surface area contributed by atoms with E-state index in [2.05, 4.69) is 21.3 Å². The first-order chi connectivity index (χ1) is 52.9. The van der Waals surface area contributed by atoms with E-state index in [0.29, 0.717) is 0 Å². The Balaban J connectivity index is 1.05. The molecule has 9 rings (SSSR count). The Kier molecular flexibility index (Phi) is 33.2. The molecule has 9 heterocycles. The molecule has 0 bridgehead atoms. The summed E-state index contributed by atoms with van der Waals surface area (Å²) in [6.45, 7) is -2.70. The highest BCUT2D eigenvalue weighted by Crippen LogP contribution is 2.40. The Morgan fingerprint density at radius 3 is 1.06 bits per heavy atom. The van der Waals surface area contributed by atoms with E-state index in [9.17, 15) is 137 Å². The molecule has 9 fully saturated rings. The lowest BCUT2D eigenvalue weighted by atomic mass is 9.93. The van der Waals surface area contributed by atoms with Gasteiger partial charge in [-0.25, -0.2) is 0 Å². The first kappa shape index (κ1) is 92.1. The van der Waals surface area contributed by atoms with Crippen molar-refractivity contribution in [1.29, 1.82) is 0 Å². The standard InChI is InChI=1S/C63H106N4O45/c1-15-32(77)42(87)46(91)59(98-15)96-14-27-51(39(84)28(55(94)99-27)64-16(2)73)107-57-30(66-18(4)75)40(85)50(24(11-72)103-57)109-61-48(93)52(37(82)26(106-61)13-97-62-53(44(89)34(79)21(8-69)101-62)111-56-29(65-17(3)74)38(83)33(78)20(7-68)100-56)110-63-54(45(90)35(80)22(9-70)102-63)112-58-31(67-19(5)76)41(86)49(23(10-71)104-58)108-60-47(92)43(88)36(81)25(105-60)12-95-6/h15,20-63,68-72,77-94H,7-14H2,1-6H3,(H,64,73)(H,65,74)(H,66,75)(H,67,76)/t15-,20+,21+,22+,23+,24+,25+,26+,27+,28+,29+,30+,31+,32+,33+,34+,35+,36-,37+,38+,39+,40+,41+,42+,43-,44-,45-,46-,47+,48-,49+,50+,51+,52-,53-,54-,55-,56-,57-,58-,59-,60-,61-,62-,63+/m0/s1. The maximum Gasteiger partial charge on any atom is 0.217 e. The van der Waals surface area contributed by atoms with Crippen LogP contribution < -0.4 is 21.3 Å². The van der Waals surface area contributed by atoms with Crippen LogP contribution in [0, 0.1) is 0 Å². The predicted octanol–water partition coefficient (Wildman–Crippen LogP) is -18.4. The highest BCUT2D eigenvalue weighted by molar-refractivity contribution is 5.74. The van der Waals surface area contributed by atoms with Crippen LogP contribution in [0.4, 0.5) is 0 Å². The normalized spacial score (nSPS) is 48.9. The van der Waals surface area contributed by atoms with Gasteiger partial charge >= 0.3 is 0 Å². The topological polar surface area (TPSA) is 748 Å². The number of aliphatic hydroxyl groups excluding tert-OH is 23. The Bertz CT molecular complexity index is 2970. The molecule has 9 saturated heterocycles. The van der Waals surface area contributed by atoms with Gasteiger partial charge in [0.05, 0.1) is 59.0 Å². The number of carbonyl (C=O) groups is 4. The van der Waals surface area contributed by atoms with Crippen LogP contribution in [0.25, 0.3) is 0 Å². The predicted molar refractivity (Wildman–Crippen MR) is 347 cm³/mol. The lowest BCUT2D eigenvalue weighted by Gasteiger charge is -2.51. The van der Waals surface area contributed by atoms with Crippen LogP contribution in [-0.4, -0.2) is 477 Å². The molecule has 49 nitrogen and oxygen atoms in total. The van der Waals surface area contributed by atoms with Crippen LogP contribution in [0.15, 0.2) is 0 Å². The van der Waals surface area contributed by atoms with Crippen LogP contribution in [0.1, 0.15) is 34.6 Å². The minimum Gasteiger partial charge on any atom is -0.394 e. The number of hydrogen-bond donors (Lipinski definition) is 27. The van der Waals surface area contributed by atoms with Gasteiger partial charge in [0.1, 0.15) is 213 Å². The van der Waals surface area contributed by atoms with Crippen molar-refractivity contribution in [3.63, 3.8) is 0 Å². The summed E-state index contributed by atoms with van der Waals surface area (Å²) in [7, 11) is 1.22. The van der Waals surface area contributed by atoms with Gasteiger partial charge in [-0.2, -0.15) is 0 Å². The highest BCUT2D eigenvalue weighted by atomic mass is 16.8. The van der Waals surface area contributed by atoms with Crippen molar-refractivity contribution in [2.75, 3.05) is 60.0 Å². The molecule has 49 heteroatoms. The molecule has 4 amide bonds. The van der Waals surface area contributed by atoms with Crippen molar-refractivity contribution in [3.05, 3.63) is 0 Å². The molecular formula is C63H106N4O45. The molecule has 0 spiro atoms. The number of ether oxygens (including phenoxy) is 18. The van der Waals surface area contributed by atoms with E-state index >= 15 is 0 Å². The van der Waals surface area contributed by atoms with Crippen LogP contribution in [-0.2, 0) is 104 Å². The summed E-state index contributed by atoms with van der Waals surface area (Å²) >= 11 is 0. The maximum atomic E-state index is 13.2. The second-order valence-electron chi connectivity index (χ2n) is 28.5. The zero-order chi connectivity index (χ0) is 82.5. The molecule has 27 N–H and O–H groups in total. The van der Waals surface area contributed by atoms with Gasteiger partial charge in [0.2, 0.25) is 23.6 Å². The second-order valence-corrected chi connectivity index (χ2v) is 28.5. The summed E-state index contributed by atoms with van der Waals surface area (Å²) in [4.78, 5) is 51.0. The lowest BCUT2D eigenvalue weighted by Crippen LogP contribution is -2.71. The van der Waals surface area contributed by atoms with Gasteiger partial charge in [-0.1, -0.05) is 0 Å². The van der Waals surface area contributed by atoms with Crippen molar-refractivity contribution in [2.24, 2.45) is 0 Å². The molecule has 648 valence electrons. The van der Waals surface area contributed by atoms with Gasteiger partial charge in [0, 0.05) is 34.8 Å². The summed E-state index contributed by atoms with van der Waals surface area (Å²) in [6.07, 6.45) is -82.5. The molecule has 0 aromatic carbocycles. The quantitative estimate of drug-likeness (QED) is 0.0331. The number of amides is 4. The average molecular weight is 1640 g/mol. The van der Waals surface area contributed by atoms with Crippen molar-refractivity contribution >= 4 is 23.6 Å². The Labute approximate surface area is 635 Å². The summed E-state index contributed by atoms with van der Waals surface area (Å²) in [5.41, 5.74) is 0. The first-order valence-electron chi connectivity index (χ1n) is 35.9. The largest absolute Gasteiger partial charge is 0.394 e. The van der Waals surface area contributed by atoms with E-state index in [-0.39, 0.29) is 6.61 Å². The summed E-state index contributed by atoms with van der Waals surface area (Å²) in [6, 6.07) is -7.36. The zero-order valence-electron chi connectivity index (χ0n) is 60.9. The van der Waals surface area contributed by atoms with E-state index in [1.165, 1.54) is 14.0 Å². The summed E-state index contributed by atoms with van der Waals surface area (Å²) < 4.78 is 106. The van der Waals surface area contributed by atoms with E-state index in [0.717, 1.165) is 27.7 Å². The van der Waals surface area contributed by atoms with Gasteiger partial charge in [-0.15, -0.1) is 0 Å². The van der Waals surface area contributed by atoms with Crippen LogP contribution in [0.2, 0.25) is 0 Å². The Hall–Kier alpha value is -3.76. The SMILES string of the molecule is COC[C@H]1O[C@@H](O[C@H]2[C@H](O)[C@@H](NC(C)=O)[C@H](O[C@@H]3[C@@H](O[C@@H]4[C@H](O)[C@H](O[C@H]5[C@H](O)[C@@H](NC(C)=O)[C@H](O[C@H]6[C@H](O)[C@@H](NC(C)=O)[C@@H](O)O[C@@H]6CO[C@H]6O[C@@H](C)[C@@H](O)[C@@H](O)[C@@H]6O)O[C@@H]5CO)O[C@H](CO[C@H]5O[C@H](CO)[C@@H](O)[C@H](O)[C@@H]5O[C@@H]5O[C@H](CO)[C@@H](O)[C@H](O)[C@H]5NC(C)=O)[C@H]4O)O[C@H](CO)[C@@H](O)[C@@H]3O)O[C@@H]2CO)[C@H](O)[C@@H](O)[C@H]1O. The highest BCUT2D eigenvalue weighted by Gasteiger charge is 2.61. The summed E-state index contributed by atoms with van der Waals surface area (Å²) in [5.74, 6) is -3.56. The molecule has 0 unspecified atom stereocenters. The van der Waals surface area contributed by atoms with Crippen LogP contribution in [0.5, 0.6) is 0 Å². The smallest absolute Gasteiger partial charge is 0.217 e. The second kappa shape index (κ2) is 40.3. The minimum atomic E-state index is -2.57. The van der Waals surface area contributed by atoms with Crippen molar-refractivity contribution in [2.45, 2.75) is 311 Å². The molecule has 0 aliphatic carbocycles. The molecule has 0 aromatic rings. The van der Waals surface area contributed by atoms with E-state index in [1.807, 2.05) is 0 Å². The number of nitrogens with one attached hydrogen (secondary N) is 4. The fourth-order valence-electron chi connectivity index (χ4n) is 14.4. The number of aliphatic hydroxyl groups is 23. The van der Waals surface area contributed by atoms with Crippen LogP contribution in [0.3, 0.4) is 0 Å². The monoisotopic (exact) mass is 1640 g/mol. The van der Waals surface area contributed by atoms with Gasteiger partial charge in [-0.3, -0.25) is 19.2 Å². The van der Waals surface area contributed by atoms with E-state index in [4.69, 9.17) is 85.3 Å². The third-order valence-corrected chi connectivity index (χ3v) is 20.5. The number of hydrogen-bond acceptors (Lipinski definition) is 45. The number of methoxy groups -OCH3 is 1. The molecule has 112 heavy (non-hydrogen) atoms. The molecule has 45 atom stereocenters.